The van der Waals surface area contributed by atoms with E-state index in [-0.39, 0.29) is 11.7 Å². The van der Waals surface area contributed by atoms with Crippen LogP contribution in [0.5, 0.6) is 0 Å². The van der Waals surface area contributed by atoms with E-state index < -0.39 is 0 Å². The van der Waals surface area contributed by atoms with Gasteiger partial charge in [0.05, 0.1) is 5.39 Å². The van der Waals surface area contributed by atoms with Gasteiger partial charge in [0.1, 0.15) is 22.3 Å². The molecule has 33 heavy (non-hydrogen) atoms. The topological polar surface area (TPSA) is 49.3 Å². The summed E-state index contributed by atoms with van der Waals surface area (Å²) < 4.78 is 13.2. The molecule has 3 aromatic rings. The number of rotatable bonds is 5. The highest BCUT2D eigenvalue weighted by Crippen LogP contribution is 2.41. The Kier molecular flexibility index (Phi) is 6.32. The summed E-state index contributed by atoms with van der Waals surface area (Å²) in [5, 5.41) is 1.25. The summed E-state index contributed by atoms with van der Waals surface area (Å²) in [4.78, 5) is 29.8. The van der Waals surface area contributed by atoms with Crippen molar-refractivity contribution in [1.82, 2.24) is 14.9 Å². The molecule has 1 atom stereocenters. The average molecular weight is 467 g/mol. The highest BCUT2D eigenvalue weighted by molar-refractivity contribution is 7.19. The van der Waals surface area contributed by atoms with Gasteiger partial charge in [-0.15, -0.1) is 11.3 Å². The van der Waals surface area contributed by atoms with Crippen molar-refractivity contribution in [3.63, 3.8) is 0 Å². The van der Waals surface area contributed by atoms with Crippen LogP contribution in [-0.4, -0.2) is 47.0 Å². The maximum atomic E-state index is 13.2. The number of fused-ring (bicyclic) bond motifs is 3. The van der Waals surface area contributed by atoms with Gasteiger partial charge in [-0.1, -0.05) is 20.3 Å². The zero-order valence-electron chi connectivity index (χ0n) is 19.4. The SMILES string of the molecule is CCCCc1nc(N2CCN(C(=O)c3ccc(F)cc3)CC2)c2c3c(sc2n1)C[C@H](C)CC3. The molecule has 174 valence electrons. The second-order valence-electron chi connectivity index (χ2n) is 9.39. The zero-order valence-corrected chi connectivity index (χ0v) is 20.3. The molecule has 1 fully saturated rings. The number of benzene rings is 1. The lowest BCUT2D eigenvalue weighted by molar-refractivity contribution is 0.0746. The fourth-order valence-electron chi connectivity index (χ4n) is 4.94. The maximum Gasteiger partial charge on any atom is 0.253 e. The number of piperazine rings is 1. The Morgan fingerprint density at radius 1 is 1.15 bits per heavy atom. The number of carbonyl (C=O) groups is 1. The standard InChI is InChI=1S/C26H31FN4OS/c1-3-4-5-22-28-24(23-20-11-6-17(2)16-21(20)33-25(23)29-22)30-12-14-31(15-13-30)26(32)18-7-9-19(27)10-8-18/h7-10,17H,3-6,11-16H2,1-2H3/t17-/m1/s1. The summed E-state index contributed by atoms with van der Waals surface area (Å²) in [5.74, 6) is 2.37. The van der Waals surface area contributed by atoms with Crippen molar-refractivity contribution in [1.29, 1.82) is 0 Å². The van der Waals surface area contributed by atoms with Gasteiger partial charge in [-0.25, -0.2) is 14.4 Å². The lowest BCUT2D eigenvalue weighted by Crippen LogP contribution is -2.49. The Labute approximate surface area is 198 Å². The fourth-order valence-corrected chi connectivity index (χ4v) is 6.33. The number of unbranched alkanes of at least 4 members (excludes halogenated alkanes) is 1. The predicted molar refractivity (Wildman–Crippen MR) is 132 cm³/mol. The molecule has 0 spiro atoms. The van der Waals surface area contributed by atoms with Crippen LogP contribution in [0.1, 0.15) is 59.7 Å². The Morgan fingerprint density at radius 3 is 2.64 bits per heavy atom. The molecule has 3 heterocycles. The third-order valence-corrected chi connectivity index (χ3v) is 8.04. The van der Waals surface area contributed by atoms with E-state index in [1.54, 1.807) is 12.1 Å². The molecule has 5 rings (SSSR count). The number of halogens is 1. The minimum absolute atomic E-state index is 0.0342. The van der Waals surface area contributed by atoms with Crippen LogP contribution in [0.3, 0.4) is 0 Å². The third kappa shape index (κ3) is 4.47. The van der Waals surface area contributed by atoms with E-state index in [0.29, 0.717) is 18.7 Å². The number of thiophene rings is 1. The van der Waals surface area contributed by atoms with Gasteiger partial charge in [-0.3, -0.25) is 4.79 Å². The summed E-state index contributed by atoms with van der Waals surface area (Å²) in [6, 6.07) is 5.83. The van der Waals surface area contributed by atoms with Crippen LogP contribution >= 0.6 is 11.3 Å². The molecule has 5 nitrogen and oxygen atoms in total. The van der Waals surface area contributed by atoms with Crippen molar-refractivity contribution in [2.24, 2.45) is 5.92 Å². The smallest absolute Gasteiger partial charge is 0.253 e. The first-order valence-corrected chi connectivity index (χ1v) is 13.0. The second kappa shape index (κ2) is 9.37. The van der Waals surface area contributed by atoms with Crippen LogP contribution in [0, 0.1) is 11.7 Å². The summed E-state index contributed by atoms with van der Waals surface area (Å²) >= 11 is 1.86. The van der Waals surface area contributed by atoms with E-state index in [4.69, 9.17) is 9.97 Å². The first-order chi connectivity index (χ1) is 16.0. The van der Waals surface area contributed by atoms with Crippen molar-refractivity contribution in [3.05, 3.63) is 51.9 Å². The van der Waals surface area contributed by atoms with E-state index in [1.807, 2.05) is 16.2 Å². The number of hydrogen-bond acceptors (Lipinski definition) is 5. The average Bonchev–Trinajstić information content (AvgIpc) is 3.19. The van der Waals surface area contributed by atoms with Crippen LogP contribution in [0.2, 0.25) is 0 Å². The molecule has 0 radical (unpaired) electrons. The Balaban J connectivity index is 1.41. The van der Waals surface area contributed by atoms with Crippen LogP contribution in [0.4, 0.5) is 10.2 Å². The van der Waals surface area contributed by atoms with Gasteiger partial charge in [0, 0.05) is 43.0 Å². The number of amides is 1. The molecule has 0 unspecified atom stereocenters. The molecule has 7 heteroatoms. The van der Waals surface area contributed by atoms with Gasteiger partial charge in [-0.05, 0) is 61.4 Å². The quantitative estimate of drug-likeness (QED) is 0.515. The summed E-state index contributed by atoms with van der Waals surface area (Å²) in [6.07, 6.45) is 6.58. The molecule has 0 saturated carbocycles. The van der Waals surface area contributed by atoms with Gasteiger partial charge >= 0.3 is 0 Å². The first kappa shape index (κ1) is 22.3. The van der Waals surface area contributed by atoms with E-state index in [0.717, 1.165) is 67.6 Å². The highest BCUT2D eigenvalue weighted by atomic mass is 32.1. The molecule has 1 amide bonds. The van der Waals surface area contributed by atoms with Crippen LogP contribution in [-0.2, 0) is 19.3 Å². The monoisotopic (exact) mass is 466 g/mol. The summed E-state index contributed by atoms with van der Waals surface area (Å²) in [7, 11) is 0. The molecule has 0 bridgehead atoms. The molecule has 2 aromatic heterocycles. The molecule has 0 N–H and O–H groups in total. The minimum Gasteiger partial charge on any atom is -0.352 e. The van der Waals surface area contributed by atoms with Crippen molar-refractivity contribution < 1.29 is 9.18 Å². The van der Waals surface area contributed by atoms with Crippen LogP contribution < -0.4 is 4.90 Å². The van der Waals surface area contributed by atoms with Crippen molar-refractivity contribution in [2.75, 3.05) is 31.1 Å². The van der Waals surface area contributed by atoms with Gasteiger partial charge in [-0.2, -0.15) is 0 Å². The maximum absolute atomic E-state index is 13.2. The Bertz CT molecular complexity index is 1150. The van der Waals surface area contributed by atoms with Gasteiger partial charge in [0.15, 0.2) is 0 Å². The highest BCUT2D eigenvalue weighted by Gasteiger charge is 2.28. The normalized spacial score (nSPS) is 18.6. The van der Waals surface area contributed by atoms with Gasteiger partial charge in [0.2, 0.25) is 0 Å². The van der Waals surface area contributed by atoms with Crippen LogP contribution in [0.15, 0.2) is 24.3 Å². The minimum atomic E-state index is -0.323. The van der Waals surface area contributed by atoms with Crippen molar-refractivity contribution in [2.45, 2.75) is 52.4 Å². The van der Waals surface area contributed by atoms with Gasteiger partial charge in [0.25, 0.3) is 5.91 Å². The molecule has 1 aliphatic heterocycles. The van der Waals surface area contributed by atoms with E-state index in [2.05, 4.69) is 18.7 Å². The lowest BCUT2D eigenvalue weighted by Gasteiger charge is -2.36. The summed E-state index contributed by atoms with van der Waals surface area (Å²) in [6.45, 7) is 7.29. The summed E-state index contributed by atoms with van der Waals surface area (Å²) in [5.41, 5.74) is 1.99. The van der Waals surface area contributed by atoms with Crippen LogP contribution in [0.25, 0.3) is 10.2 Å². The number of nitrogens with zero attached hydrogens (tertiary/aromatic N) is 4. The largest absolute Gasteiger partial charge is 0.352 e. The van der Waals surface area contributed by atoms with E-state index in [1.165, 1.54) is 34.4 Å². The molecule has 2 aliphatic rings. The lowest BCUT2D eigenvalue weighted by atomic mass is 9.89. The molecule has 1 aliphatic carbocycles. The predicted octanol–water partition coefficient (Wildman–Crippen LogP) is 5.26. The Hall–Kier alpha value is -2.54. The molecule has 1 saturated heterocycles. The van der Waals surface area contributed by atoms with E-state index in [9.17, 15) is 9.18 Å². The molecular weight excluding hydrogens is 435 g/mol. The van der Waals surface area contributed by atoms with E-state index >= 15 is 0 Å². The molecular formula is C26H31FN4OS. The number of aryl methyl sites for hydroxylation is 2. The number of carbonyl (C=O) groups excluding carboxylic acids is 1. The fraction of sp³-hybridized carbons (Fsp3) is 0.500. The van der Waals surface area contributed by atoms with Crippen molar-refractivity contribution in [3.8, 4) is 0 Å². The third-order valence-electron chi connectivity index (χ3n) is 6.89. The molecule has 1 aromatic carbocycles. The van der Waals surface area contributed by atoms with Gasteiger partial charge < -0.3 is 9.80 Å². The zero-order chi connectivity index (χ0) is 22.9. The number of anilines is 1. The number of hydrogen-bond donors (Lipinski definition) is 0. The van der Waals surface area contributed by atoms with Crippen molar-refractivity contribution >= 4 is 33.3 Å². The first-order valence-electron chi connectivity index (χ1n) is 12.1. The second-order valence-corrected chi connectivity index (χ2v) is 10.5. The Morgan fingerprint density at radius 2 is 1.91 bits per heavy atom. The number of aromatic nitrogens is 2.